The molecule has 0 radical (unpaired) electrons. The van der Waals surface area contributed by atoms with Crippen molar-refractivity contribution in [3.05, 3.63) is 77.2 Å². The van der Waals surface area contributed by atoms with E-state index < -0.39 is 0 Å². The van der Waals surface area contributed by atoms with Gasteiger partial charge in [-0.3, -0.25) is 4.79 Å². The maximum absolute atomic E-state index is 12.9. The van der Waals surface area contributed by atoms with E-state index in [1.54, 1.807) is 31.2 Å². The summed E-state index contributed by atoms with van der Waals surface area (Å²) in [6, 6.07) is 12.1. The molecule has 6 heteroatoms. The van der Waals surface area contributed by atoms with Crippen LogP contribution < -0.4 is 4.74 Å². The molecule has 0 spiro atoms. The Morgan fingerprint density at radius 1 is 1.09 bits per heavy atom. The van der Waals surface area contributed by atoms with Crippen LogP contribution in [0.25, 0.3) is 0 Å². The fraction of sp³-hybridized carbons (Fsp3) is 0.118. The molecule has 5 nitrogen and oxygen atoms in total. The number of hydrogen-bond donors (Lipinski definition) is 0. The van der Waals surface area contributed by atoms with Gasteiger partial charge in [-0.1, -0.05) is 5.16 Å². The standard InChI is InChI=1S/C17H13FN2O3/c1-11-19-16(23-20-11)10-22-15-8-4-13(5-9-15)17(21)12-2-6-14(18)7-3-12/h2-9H,10H2,1H3. The molecule has 0 aliphatic rings. The molecule has 0 aliphatic carbocycles. The lowest BCUT2D eigenvalue weighted by atomic mass is 10.0. The molecule has 0 unspecified atom stereocenters. The number of ketones is 1. The number of ether oxygens (including phenoxy) is 1. The van der Waals surface area contributed by atoms with Crippen LogP contribution in [0.4, 0.5) is 4.39 Å². The molecule has 2 aromatic carbocycles. The van der Waals surface area contributed by atoms with E-state index in [0.29, 0.717) is 28.6 Å². The lowest BCUT2D eigenvalue weighted by Gasteiger charge is -2.05. The molecule has 0 fully saturated rings. The Morgan fingerprint density at radius 3 is 2.26 bits per heavy atom. The zero-order chi connectivity index (χ0) is 16.2. The molecule has 1 aromatic heterocycles. The summed E-state index contributed by atoms with van der Waals surface area (Å²) in [5.41, 5.74) is 0.930. The van der Waals surface area contributed by atoms with Gasteiger partial charge < -0.3 is 9.26 Å². The molecule has 0 amide bonds. The number of hydrogen-bond acceptors (Lipinski definition) is 5. The second-order valence-electron chi connectivity index (χ2n) is 4.88. The van der Waals surface area contributed by atoms with Crippen LogP contribution in [0.5, 0.6) is 5.75 Å². The number of benzene rings is 2. The molecule has 0 aliphatic heterocycles. The minimum atomic E-state index is -0.374. The first kappa shape index (κ1) is 14.9. The van der Waals surface area contributed by atoms with Crippen molar-refractivity contribution in [3.8, 4) is 5.75 Å². The van der Waals surface area contributed by atoms with Crippen molar-refractivity contribution < 1.29 is 18.4 Å². The highest BCUT2D eigenvalue weighted by Gasteiger charge is 2.10. The number of nitrogens with zero attached hydrogens (tertiary/aromatic N) is 2. The van der Waals surface area contributed by atoms with E-state index in [0.717, 1.165) is 0 Å². The summed E-state index contributed by atoms with van der Waals surface area (Å²) in [7, 11) is 0. The van der Waals surface area contributed by atoms with E-state index in [4.69, 9.17) is 9.26 Å². The summed E-state index contributed by atoms with van der Waals surface area (Å²) < 4.78 is 23.3. The molecule has 0 saturated heterocycles. The maximum Gasteiger partial charge on any atom is 0.264 e. The van der Waals surface area contributed by atoms with E-state index >= 15 is 0 Å². The molecule has 0 saturated carbocycles. The Balaban J connectivity index is 1.66. The van der Waals surface area contributed by atoms with Gasteiger partial charge in [0.1, 0.15) is 11.6 Å². The molecule has 1 heterocycles. The summed E-state index contributed by atoms with van der Waals surface area (Å²) in [6.45, 7) is 1.88. The van der Waals surface area contributed by atoms with Crippen molar-refractivity contribution in [2.75, 3.05) is 0 Å². The average molecular weight is 312 g/mol. The van der Waals surface area contributed by atoms with Crippen LogP contribution in [0.2, 0.25) is 0 Å². The topological polar surface area (TPSA) is 65.2 Å². The van der Waals surface area contributed by atoms with Crippen LogP contribution in [0, 0.1) is 12.7 Å². The Labute approximate surface area is 131 Å². The second-order valence-corrected chi connectivity index (χ2v) is 4.88. The van der Waals surface area contributed by atoms with E-state index in [-0.39, 0.29) is 18.2 Å². The summed E-state index contributed by atoms with van der Waals surface area (Å²) >= 11 is 0. The smallest absolute Gasteiger partial charge is 0.264 e. The maximum atomic E-state index is 12.9. The highest BCUT2D eigenvalue weighted by Crippen LogP contribution is 2.17. The Hall–Kier alpha value is -3.02. The quantitative estimate of drug-likeness (QED) is 0.676. The number of carbonyl (C=O) groups is 1. The van der Waals surface area contributed by atoms with E-state index in [1.165, 1.54) is 24.3 Å². The van der Waals surface area contributed by atoms with E-state index in [9.17, 15) is 9.18 Å². The molecule has 3 aromatic rings. The highest BCUT2D eigenvalue weighted by atomic mass is 19.1. The fourth-order valence-electron chi connectivity index (χ4n) is 2.01. The molecule has 0 N–H and O–H groups in total. The molecule has 0 bridgehead atoms. The molecule has 23 heavy (non-hydrogen) atoms. The number of rotatable bonds is 5. The third-order valence-corrected chi connectivity index (χ3v) is 3.15. The van der Waals surface area contributed by atoms with Gasteiger partial charge in [-0.15, -0.1) is 0 Å². The van der Waals surface area contributed by atoms with Gasteiger partial charge in [0, 0.05) is 11.1 Å². The SMILES string of the molecule is Cc1noc(COc2ccc(C(=O)c3ccc(F)cc3)cc2)n1. The number of aromatic nitrogens is 2. The lowest BCUT2D eigenvalue weighted by Crippen LogP contribution is -2.01. The minimum absolute atomic E-state index is 0.159. The molecule has 0 atom stereocenters. The predicted octanol–water partition coefficient (Wildman–Crippen LogP) is 3.33. The zero-order valence-corrected chi connectivity index (χ0v) is 12.3. The first-order valence-electron chi connectivity index (χ1n) is 6.94. The zero-order valence-electron chi connectivity index (χ0n) is 12.3. The van der Waals surface area contributed by atoms with Crippen LogP contribution in [-0.4, -0.2) is 15.9 Å². The summed E-state index contributed by atoms with van der Waals surface area (Å²) in [5, 5.41) is 3.67. The Bertz CT molecular complexity index is 811. The van der Waals surface area contributed by atoms with Gasteiger partial charge in [0.15, 0.2) is 18.2 Å². The Morgan fingerprint density at radius 2 is 1.70 bits per heavy atom. The summed E-state index contributed by atoms with van der Waals surface area (Å²) in [5.74, 6) is 0.958. The van der Waals surface area contributed by atoms with Gasteiger partial charge in [0.2, 0.25) is 0 Å². The highest BCUT2D eigenvalue weighted by molar-refractivity contribution is 6.08. The third kappa shape index (κ3) is 3.60. The molecule has 116 valence electrons. The summed E-state index contributed by atoms with van der Waals surface area (Å²) in [6.07, 6.45) is 0. The molecule has 3 rings (SSSR count). The lowest BCUT2D eigenvalue weighted by molar-refractivity contribution is 0.103. The van der Waals surface area contributed by atoms with Gasteiger partial charge in [0.05, 0.1) is 0 Å². The van der Waals surface area contributed by atoms with Gasteiger partial charge >= 0.3 is 0 Å². The molecular formula is C17H13FN2O3. The number of carbonyl (C=O) groups excluding carboxylic acids is 1. The first-order chi connectivity index (χ1) is 11.1. The van der Waals surface area contributed by atoms with Crippen molar-refractivity contribution in [1.82, 2.24) is 10.1 Å². The van der Waals surface area contributed by atoms with Crippen LogP contribution in [0.3, 0.4) is 0 Å². The van der Waals surface area contributed by atoms with Gasteiger partial charge in [0.25, 0.3) is 5.89 Å². The summed E-state index contributed by atoms with van der Waals surface area (Å²) in [4.78, 5) is 16.3. The van der Waals surface area contributed by atoms with Crippen LogP contribution in [-0.2, 0) is 6.61 Å². The first-order valence-corrected chi connectivity index (χ1v) is 6.94. The third-order valence-electron chi connectivity index (χ3n) is 3.15. The number of aryl methyl sites for hydroxylation is 1. The van der Waals surface area contributed by atoms with Crippen LogP contribution in [0.15, 0.2) is 53.1 Å². The van der Waals surface area contributed by atoms with Crippen molar-refractivity contribution in [2.45, 2.75) is 13.5 Å². The van der Waals surface area contributed by atoms with Gasteiger partial charge in [-0.05, 0) is 55.5 Å². The van der Waals surface area contributed by atoms with E-state index in [2.05, 4.69) is 10.1 Å². The normalized spacial score (nSPS) is 10.5. The van der Waals surface area contributed by atoms with Gasteiger partial charge in [-0.2, -0.15) is 4.98 Å². The Kier molecular flexibility index (Phi) is 4.14. The number of halogens is 1. The van der Waals surface area contributed by atoms with Gasteiger partial charge in [-0.25, -0.2) is 4.39 Å². The average Bonchev–Trinajstić information content (AvgIpc) is 2.99. The van der Waals surface area contributed by atoms with E-state index in [1.807, 2.05) is 0 Å². The molecular weight excluding hydrogens is 299 g/mol. The monoisotopic (exact) mass is 312 g/mol. The second kappa shape index (κ2) is 6.39. The fourth-order valence-corrected chi connectivity index (χ4v) is 2.01. The van der Waals surface area contributed by atoms with Crippen molar-refractivity contribution >= 4 is 5.78 Å². The van der Waals surface area contributed by atoms with Crippen molar-refractivity contribution in [3.63, 3.8) is 0 Å². The van der Waals surface area contributed by atoms with Crippen LogP contribution >= 0.6 is 0 Å². The largest absolute Gasteiger partial charge is 0.484 e. The minimum Gasteiger partial charge on any atom is -0.484 e. The predicted molar refractivity (Wildman–Crippen MR) is 79.6 cm³/mol. The van der Waals surface area contributed by atoms with Crippen molar-refractivity contribution in [2.24, 2.45) is 0 Å². The van der Waals surface area contributed by atoms with Crippen LogP contribution in [0.1, 0.15) is 27.6 Å². The van der Waals surface area contributed by atoms with Crippen molar-refractivity contribution in [1.29, 1.82) is 0 Å².